The lowest BCUT2D eigenvalue weighted by Crippen LogP contribution is -2.37. The Morgan fingerprint density at radius 1 is 0.933 bits per heavy atom. The van der Waals surface area contributed by atoms with Crippen LogP contribution in [-0.2, 0) is 0 Å². The van der Waals surface area contributed by atoms with Crippen LogP contribution in [0.15, 0.2) is 66.7 Å². The number of carbonyl (C=O) groups is 1. The molecule has 1 atom stereocenters. The normalized spacial score (nSPS) is 12.3. The van der Waals surface area contributed by atoms with Gasteiger partial charge in [-0.1, -0.05) is 44.2 Å². The minimum Gasteiger partial charge on any atom is -0.348 e. The smallest absolute Gasteiger partial charge is 0.270 e. The molecule has 0 fully saturated rings. The van der Waals surface area contributed by atoms with Crippen LogP contribution >= 0.6 is 0 Å². The van der Waals surface area contributed by atoms with Gasteiger partial charge in [-0.3, -0.25) is 4.79 Å². The first-order chi connectivity index (χ1) is 14.4. The quantitative estimate of drug-likeness (QED) is 0.512. The average molecular weight is 402 g/mol. The summed E-state index contributed by atoms with van der Waals surface area (Å²) >= 11 is 0. The summed E-state index contributed by atoms with van der Waals surface area (Å²) in [6.45, 7) is 6.08. The summed E-state index contributed by atoms with van der Waals surface area (Å²) in [5.74, 6) is -0.255. The van der Waals surface area contributed by atoms with Gasteiger partial charge in [-0.25, -0.2) is 13.9 Å². The van der Waals surface area contributed by atoms with Gasteiger partial charge in [0.1, 0.15) is 11.5 Å². The molecular weight excluding hydrogens is 379 g/mol. The van der Waals surface area contributed by atoms with E-state index >= 15 is 0 Å². The van der Waals surface area contributed by atoms with Crippen molar-refractivity contribution in [1.82, 2.24) is 19.9 Å². The maximum absolute atomic E-state index is 13.4. The van der Waals surface area contributed by atoms with E-state index in [2.05, 4.69) is 29.2 Å². The molecule has 6 heteroatoms. The van der Waals surface area contributed by atoms with Gasteiger partial charge < -0.3 is 5.32 Å². The Kier molecular flexibility index (Phi) is 5.31. The third-order valence-corrected chi connectivity index (χ3v) is 5.23. The molecule has 2 heterocycles. The van der Waals surface area contributed by atoms with Crippen molar-refractivity contribution in [3.63, 3.8) is 0 Å². The van der Waals surface area contributed by atoms with Gasteiger partial charge in [0.25, 0.3) is 5.91 Å². The van der Waals surface area contributed by atoms with Crippen LogP contribution < -0.4 is 5.32 Å². The lowest BCUT2D eigenvalue weighted by atomic mass is 10.1. The van der Waals surface area contributed by atoms with Crippen LogP contribution in [0.3, 0.4) is 0 Å². The Hall–Kier alpha value is -3.54. The van der Waals surface area contributed by atoms with Crippen molar-refractivity contribution >= 4 is 11.6 Å². The molecule has 0 bridgehead atoms. The molecule has 30 heavy (non-hydrogen) atoms. The van der Waals surface area contributed by atoms with Crippen molar-refractivity contribution in [2.45, 2.75) is 26.8 Å². The Bertz CT molecular complexity index is 1180. The van der Waals surface area contributed by atoms with Gasteiger partial charge >= 0.3 is 0 Å². The molecule has 5 nitrogen and oxygen atoms in total. The third-order valence-electron chi connectivity index (χ3n) is 5.23. The predicted molar refractivity (Wildman–Crippen MR) is 116 cm³/mol. The van der Waals surface area contributed by atoms with Crippen molar-refractivity contribution in [3.05, 3.63) is 78.2 Å². The molecule has 2 aromatic carbocycles. The van der Waals surface area contributed by atoms with Crippen LogP contribution in [0.4, 0.5) is 4.39 Å². The SMILES string of the molecule is CC(C)C(C)NC(=O)c1cc(-c2ccc(F)cc2)nc2cc(-c3ccccc3)nn12. The van der Waals surface area contributed by atoms with Crippen molar-refractivity contribution in [2.75, 3.05) is 0 Å². The number of fused-ring (bicyclic) bond motifs is 1. The van der Waals surface area contributed by atoms with Gasteiger partial charge in [-0.2, -0.15) is 5.10 Å². The predicted octanol–water partition coefficient (Wildman–Crippen LogP) is 4.98. The van der Waals surface area contributed by atoms with Crippen molar-refractivity contribution in [3.8, 4) is 22.5 Å². The number of nitrogens with one attached hydrogen (secondary N) is 1. The van der Waals surface area contributed by atoms with E-state index < -0.39 is 0 Å². The fraction of sp³-hybridized carbons (Fsp3) is 0.208. The first-order valence-electron chi connectivity index (χ1n) is 9.95. The number of benzene rings is 2. The topological polar surface area (TPSA) is 59.3 Å². The van der Waals surface area contributed by atoms with Crippen LogP contribution in [0.2, 0.25) is 0 Å². The summed E-state index contributed by atoms with van der Waals surface area (Å²) in [5, 5.41) is 7.68. The first-order valence-corrected chi connectivity index (χ1v) is 9.95. The molecule has 1 N–H and O–H groups in total. The molecular formula is C24H23FN4O. The number of nitrogens with zero attached hydrogens (tertiary/aromatic N) is 3. The number of amides is 1. The second kappa shape index (κ2) is 8.06. The van der Waals surface area contributed by atoms with Crippen molar-refractivity contribution in [2.24, 2.45) is 5.92 Å². The molecule has 4 aromatic rings. The summed E-state index contributed by atoms with van der Waals surface area (Å²) in [6, 6.07) is 19.4. The zero-order valence-corrected chi connectivity index (χ0v) is 17.1. The molecule has 0 saturated carbocycles. The van der Waals surface area contributed by atoms with Crippen LogP contribution in [-0.4, -0.2) is 26.5 Å². The van der Waals surface area contributed by atoms with Crippen LogP contribution in [0.5, 0.6) is 0 Å². The van der Waals surface area contributed by atoms with E-state index in [0.717, 1.165) is 16.8 Å². The minimum absolute atomic E-state index is 0.000794. The molecule has 0 aliphatic rings. The second-order valence-corrected chi connectivity index (χ2v) is 7.71. The summed E-state index contributed by atoms with van der Waals surface area (Å²) in [4.78, 5) is 17.8. The fourth-order valence-electron chi connectivity index (χ4n) is 3.10. The maximum Gasteiger partial charge on any atom is 0.270 e. The standard InChI is InChI=1S/C24H23FN4O/c1-15(2)16(3)26-24(30)22-13-20(18-9-11-19(25)12-10-18)27-23-14-21(28-29(22)23)17-7-5-4-6-8-17/h4-16H,1-3H3,(H,26,30). The summed E-state index contributed by atoms with van der Waals surface area (Å²) in [6.07, 6.45) is 0. The molecule has 4 rings (SSSR count). The van der Waals surface area contributed by atoms with E-state index in [0.29, 0.717) is 23.0 Å². The zero-order chi connectivity index (χ0) is 21.3. The Balaban J connectivity index is 1.86. The number of hydrogen-bond donors (Lipinski definition) is 1. The van der Waals surface area contributed by atoms with Crippen LogP contribution in [0.1, 0.15) is 31.3 Å². The van der Waals surface area contributed by atoms with E-state index in [1.807, 2.05) is 43.3 Å². The Labute approximate surface area is 174 Å². The monoisotopic (exact) mass is 402 g/mol. The largest absolute Gasteiger partial charge is 0.348 e. The molecule has 1 unspecified atom stereocenters. The van der Waals surface area contributed by atoms with Gasteiger partial charge in [-0.15, -0.1) is 0 Å². The van der Waals surface area contributed by atoms with Gasteiger partial charge in [-0.05, 0) is 43.2 Å². The van der Waals surface area contributed by atoms with Gasteiger partial charge in [0, 0.05) is 23.2 Å². The maximum atomic E-state index is 13.4. The lowest BCUT2D eigenvalue weighted by Gasteiger charge is -2.18. The third kappa shape index (κ3) is 3.94. The molecule has 0 aliphatic carbocycles. The number of aromatic nitrogens is 3. The van der Waals surface area contributed by atoms with Crippen molar-refractivity contribution < 1.29 is 9.18 Å². The molecule has 0 radical (unpaired) electrons. The van der Waals surface area contributed by atoms with Crippen LogP contribution in [0, 0.1) is 11.7 Å². The Morgan fingerprint density at radius 2 is 1.60 bits per heavy atom. The summed E-state index contributed by atoms with van der Waals surface area (Å²) in [5.41, 5.74) is 3.92. The summed E-state index contributed by atoms with van der Waals surface area (Å²) in [7, 11) is 0. The first kappa shape index (κ1) is 19.8. The highest BCUT2D eigenvalue weighted by Crippen LogP contribution is 2.24. The number of halogens is 1. The molecule has 0 aliphatic heterocycles. The highest BCUT2D eigenvalue weighted by molar-refractivity contribution is 5.94. The Morgan fingerprint density at radius 3 is 2.27 bits per heavy atom. The highest BCUT2D eigenvalue weighted by Gasteiger charge is 2.19. The van der Waals surface area contributed by atoms with Gasteiger partial charge in [0.2, 0.25) is 0 Å². The number of hydrogen-bond acceptors (Lipinski definition) is 3. The minimum atomic E-state index is -0.320. The van der Waals surface area contributed by atoms with Crippen LogP contribution in [0.25, 0.3) is 28.2 Å². The molecule has 0 saturated heterocycles. The summed E-state index contributed by atoms with van der Waals surface area (Å²) < 4.78 is 14.9. The lowest BCUT2D eigenvalue weighted by molar-refractivity contribution is 0.0923. The number of carbonyl (C=O) groups excluding carboxylic acids is 1. The molecule has 0 spiro atoms. The number of rotatable bonds is 5. The van der Waals surface area contributed by atoms with E-state index in [1.165, 1.54) is 12.1 Å². The molecule has 1 amide bonds. The van der Waals surface area contributed by atoms with E-state index in [1.54, 1.807) is 22.7 Å². The zero-order valence-electron chi connectivity index (χ0n) is 17.1. The van der Waals surface area contributed by atoms with E-state index in [-0.39, 0.29) is 17.8 Å². The highest BCUT2D eigenvalue weighted by atomic mass is 19.1. The second-order valence-electron chi connectivity index (χ2n) is 7.71. The van der Waals surface area contributed by atoms with Crippen molar-refractivity contribution in [1.29, 1.82) is 0 Å². The molecule has 2 aromatic heterocycles. The van der Waals surface area contributed by atoms with Gasteiger partial charge in [0.15, 0.2) is 5.65 Å². The molecule has 152 valence electrons. The van der Waals surface area contributed by atoms with E-state index in [4.69, 9.17) is 0 Å². The fourth-order valence-corrected chi connectivity index (χ4v) is 3.10. The van der Waals surface area contributed by atoms with Gasteiger partial charge in [0.05, 0.1) is 11.4 Å². The average Bonchev–Trinajstić information content (AvgIpc) is 3.18. The van der Waals surface area contributed by atoms with E-state index in [9.17, 15) is 9.18 Å².